The predicted octanol–water partition coefficient (Wildman–Crippen LogP) is 1.65. The van der Waals surface area contributed by atoms with Crippen LogP contribution in [0.15, 0.2) is 48.7 Å². The average molecular weight is 271 g/mol. The third-order valence-corrected chi connectivity index (χ3v) is 2.81. The van der Waals surface area contributed by atoms with Gasteiger partial charge in [0.25, 0.3) is 5.91 Å². The zero-order valence-electron chi connectivity index (χ0n) is 10.2. The van der Waals surface area contributed by atoms with Crippen molar-refractivity contribution in [3.63, 3.8) is 0 Å². The lowest BCUT2D eigenvalue weighted by Gasteiger charge is -2.05. The highest BCUT2D eigenvalue weighted by atomic mass is 32.1. The summed E-state index contributed by atoms with van der Waals surface area (Å²) >= 11 is 4.82. The van der Waals surface area contributed by atoms with Gasteiger partial charge in [0, 0.05) is 18.3 Å². The van der Waals surface area contributed by atoms with Crippen molar-refractivity contribution in [2.75, 3.05) is 0 Å². The van der Waals surface area contributed by atoms with Crippen LogP contribution in [0.25, 0.3) is 0 Å². The van der Waals surface area contributed by atoms with E-state index in [9.17, 15) is 4.79 Å². The summed E-state index contributed by atoms with van der Waals surface area (Å²) in [6.07, 6.45) is 1.50. The number of carbonyl (C=O) groups is 1. The van der Waals surface area contributed by atoms with Crippen LogP contribution in [0.2, 0.25) is 0 Å². The van der Waals surface area contributed by atoms with E-state index >= 15 is 0 Å². The summed E-state index contributed by atoms with van der Waals surface area (Å²) in [4.78, 5) is 16.2. The molecule has 5 heteroatoms. The summed E-state index contributed by atoms with van der Waals surface area (Å²) in [5, 5.41) is 2.80. The van der Waals surface area contributed by atoms with Crippen LogP contribution >= 0.6 is 12.2 Å². The highest BCUT2D eigenvalue weighted by molar-refractivity contribution is 7.80. The maximum Gasteiger partial charge on any atom is 0.270 e. The van der Waals surface area contributed by atoms with E-state index in [1.165, 1.54) is 6.20 Å². The molecule has 0 saturated carbocycles. The zero-order chi connectivity index (χ0) is 13.7. The number of pyridine rings is 1. The van der Waals surface area contributed by atoms with Gasteiger partial charge in [0.15, 0.2) is 0 Å². The monoisotopic (exact) mass is 271 g/mol. The molecule has 1 heterocycles. The number of benzene rings is 1. The van der Waals surface area contributed by atoms with E-state index in [0.717, 1.165) is 5.56 Å². The van der Waals surface area contributed by atoms with E-state index in [2.05, 4.69) is 10.3 Å². The van der Waals surface area contributed by atoms with Crippen LogP contribution in [0.5, 0.6) is 0 Å². The number of thiocarbonyl (C=S) groups is 1. The molecule has 0 aliphatic rings. The Hall–Kier alpha value is -2.27. The Kier molecular flexibility index (Phi) is 4.20. The van der Waals surface area contributed by atoms with Crippen molar-refractivity contribution in [1.82, 2.24) is 10.3 Å². The molecule has 0 unspecified atom stereocenters. The molecule has 1 amide bonds. The third-order valence-electron chi connectivity index (χ3n) is 2.58. The van der Waals surface area contributed by atoms with Crippen LogP contribution in [0.1, 0.15) is 21.6 Å². The molecule has 0 radical (unpaired) electrons. The largest absolute Gasteiger partial charge is 0.389 e. The van der Waals surface area contributed by atoms with Gasteiger partial charge >= 0.3 is 0 Å². The second-order valence-corrected chi connectivity index (χ2v) is 4.40. The van der Waals surface area contributed by atoms with Gasteiger partial charge in [-0.2, -0.15) is 0 Å². The number of rotatable bonds is 4. The molecule has 1 aromatic heterocycles. The first-order chi connectivity index (χ1) is 9.16. The number of amides is 1. The first-order valence-electron chi connectivity index (χ1n) is 5.75. The van der Waals surface area contributed by atoms with Crippen LogP contribution < -0.4 is 11.1 Å². The second kappa shape index (κ2) is 6.06. The SMILES string of the molecule is NC(=S)c1ccc(C(=O)NCc2ccccc2)nc1. The lowest BCUT2D eigenvalue weighted by atomic mass is 10.2. The van der Waals surface area contributed by atoms with E-state index in [4.69, 9.17) is 18.0 Å². The molecule has 0 spiro atoms. The Morgan fingerprint density at radius 3 is 2.53 bits per heavy atom. The van der Waals surface area contributed by atoms with Gasteiger partial charge in [-0.25, -0.2) is 0 Å². The number of aromatic nitrogens is 1. The van der Waals surface area contributed by atoms with Crippen LogP contribution in [0.4, 0.5) is 0 Å². The number of hydrogen-bond donors (Lipinski definition) is 2. The average Bonchev–Trinajstić information content (AvgIpc) is 2.46. The van der Waals surface area contributed by atoms with E-state index < -0.39 is 0 Å². The minimum atomic E-state index is -0.224. The topological polar surface area (TPSA) is 68.0 Å². The molecular formula is C14H13N3OS. The van der Waals surface area contributed by atoms with Crippen molar-refractivity contribution in [3.05, 3.63) is 65.5 Å². The van der Waals surface area contributed by atoms with Gasteiger partial charge in [-0.05, 0) is 17.7 Å². The maximum atomic E-state index is 11.9. The van der Waals surface area contributed by atoms with Gasteiger partial charge in [-0.1, -0.05) is 42.5 Å². The maximum absolute atomic E-state index is 11.9. The van der Waals surface area contributed by atoms with Gasteiger partial charge in [-0.15, -0.1) is 0 Å². The molecular weight excluding hydrogens is 258 g/mol. The van der Waals surface area contributed by atoms with Gasteiger partial charge < -0.3 is 11.1 Å². The smallest absolute Gasteiger partial charge is 0.270 e. The number of nitrogens with zero attached hydrogens (tertiary/aromatic N) is 1. The Balaban J connectivity index is 1.98. The standard InChI is InChI=1S/C14H13N3OS/c15-13(19)11-6-7-12(16-9-11)14(18)17-8-10-4-2-1-3-5-10/h1-7,9H,8H2,(H2,15,19)(H,17,18). The van der Waals surface area contributed by atoms with Gasteiger partial charge in [0.1, 0.15) is 10.7 Å². The first kappa shape index (κ1) is 13.2. The molecule has 2 aromatic rings. The molecule has 0 saturated heterocycles. The van der Waals surface area contributed by atoms with E-state index in [1.54, 1.807) is 12.1 Å². The minimum Gasteiger partial charge on any atom is -0.389 e. The zero-order valence-corrected chi connectivity index (χ0v) is 11.0. The third kappa shape index (κ3) is 3.59. The fourth-order valence-corrected chi connectivity index (χ4v) is 1.66. The second-order valence-electron chi connectivity index (χ2n) is 3.96. The number of nitrogens with one attached hydrogen (secondary N) is 1. The van der Waals surface area contributed by atoms with Crippen LogP contribution in [-0.2, 0) is 6.54 Å². The fraction of sp³-hybridized carbons (Fsp3) is 0.0714. The van der Waals surface area contributed by atoms with Gasteiger partial charge in [0.05, 0.1) is 0 Å². The van der Waals surface area contributed by atoms with Crippen molar-refractivity contribution < 1.29 is 4.79 Å². The quantitative estimate of drug-likeness (QED) is 0.830. The minimum absolute atomic E-state index is 0.224. The van der Waals surface area contributed by atoms with E-state index in [-0.39, 0.29) is 10.9 Å². The molecule has 0 aliphatic carbocycles. The Labute approximate surface area is 116 Å². The summed E-state index contributed by atoms with van der Waals surface area (Å²) in [6.45, 7) is 0.471. The first-order valence-corrected chi connectivity index (χ1v) is 6.15. The molecule has 4 nitrogen and oxygen atoms in total. The molecule has 3 N–H and O–H groups in total. The summed E-state index contributed by atoms with van der Waals surface area (Å²) in [7, 11) is 0. The molecule has 96 valence electrons. The van der Waals surface area contributed by atoms with Crippen LogP contribution in [-0.4, -0.2) is 15.9 Å². The number of hydrogen-bond acceptors (Lipinski definition) is 3. The van der Waals surface area contributed by atoms with Crippen LogP contribution in [0, 0.1) is 0 Å². The molecule has 0 aliphatic heterocycles. The van der Waals surface area contributed by atoms with Gasteiger partial charge in [-0.3, -0.25) is 9.78 Å². The number of nitrogens with two attached hydrogens (primary N) is 1. The lowest BCUT2D eigenvalue weighted by Crippen LogP contribution is -2.24. The summed E-state index contributed by atoms with van der Waals surface area (Å²) in [6, 6.07) is 13.0. The normalized spacial score (nSPS) is 9.89. The Bertz CT molecular complexity index is 581. The molecule has 2 rings (SSSR count). The summed E-state index contributed by atoms with van der Waals surface area (Å²) in [5.74, 6) is -0.224. The van der Waals surface area contributed by atoms with Crippen molar-refractivity contribution >= 4 is 23.1 Å². The van der Waals surface area contributed by atoms with E-state index in [1.807, 2.05) is 30.3 Å². The molecule has 1 aromatic carbocycles. The summed E-state index contributed by atoms with van der Waals surface area (Å²) < 4.78 is 0. The predicted molar refractivity (Wildman–Crippen MR) is 77.7 cm³/mol. The van der Waals surface area contributed by atoms with Crippen molar-refractivity contribution in [3.8, 4) is 0 Å². The van der Waals surface area contributed by atoms with Crippen molar-refractivity contribution in [2.24, 2.45) is 5.73 Å². The van der Waals surface area contributed by atoms with E-state index in [0.29, 0.717) is 17.8 Å². The molecule has 0 fully saturated rings. The molecule has 0 bridgehead atoms. The lowest BCUT2D eigenvalue weighted by molar-refractivity contribution is 0.0946. The Morgan fingerprint density at radius 2 is 1.95 bits per heavy atom. The van der Waals surface area contributed by atoms with Gasteiger partial charge in [0.2, 0.25) is 0 Å². The highest BCUT2D eigenvalue weighted by Gasteiger charge is 2.07. The van der Waals surface area contributed by atoms with Crippen molar-refractivity contribution in [1.29, 1.82) is 0 Å². The highest BCUT2D eigenvalue weighted by Crippen LogP contribution is 2.02. The fourth-order valence-electron chi connectivity index (χ4n) is 1.54. The van der Waals surface area contributed by atoms with Crippen LogP contribution in [0.3, 0.4) is 0 Å². The molecule has 19 heavy (non-hydrogen) atoms. The van der Waals surface area contributed by atoms with Crippen molar-refractivity contribution in [2.45, 2.75) is 6.54 Å². The summed E-state index contributed by atoms with van der Waals surface area (Å²) in [5.41, 5.74) is 7.49. The Morgan fingerprint density at radius 1 is 1.21 bits per heavy atom. The molecule has 0 atom stereocenters. The number of carbonyl (C=O) groups excluding carboxylic acids is 1.